The van der Waals surface area contributed by atoms with Gasteiger partial charge in [-0.25, -0.2) is 0 Å². The lowest BCUT2D eigenvalue weighted by Gasteiger charge is -2.35. The summed E-state index contributed by atoms with van der Waals surface area (Å²) in [5.74, 6) is -0.482. The third kappa shape index (κ3) is 9.06. The molecule has 2 aromatic rings. The molecule has 8 heteroatoms. The molecule has 1 aliphatic carbocycles. The number of morpholine rings is 1. The zero-order valence-electron chi connectivity index (χ0n) is 25.5. The van der Waals surface area contributed by atoms with Crippen LogP contribution in [0.5, 0.6) is 0 Å². The monoisotopic (exact) mass is 591 g/mol. The number of ether oxygens (including phenoxy) is 5. The fraction of sp³-hybridized carbons (Fsp3) is 0.543. The van der Waals surface area contributed by atoms with Gasteiger partial charge in [0.25, 0.3) is 0 Å². The minimum Gasteiger partial charge on any atom is -0.463 e. The van der Waals surface area contributed by atoms with Gasteiger partial charge in [-0.05, 0) is 49.8 Å². The largest absolute Gasteiger partial charge is 0.463 e. The van der Waals surface area contributed by atoms with Gasteiger partial charge in [0.05, 0.1) is 38.6 Å². The van der Waals surface area contributed by atoms with Crippen molar-refractivity contribution in [3.63, 3.8) is 0 Å². The van der Waals surface area contributed by atoms with Crippen molar-refractivity contribution in [1.82, 2.24) is 4.90 Å². The third-order valence-electron chi connectivity index (χ3n) is 8.43. The maximum atomic E-state index is 13.3. The van der Waals surface area contributed by atoms with Gasteiger partial charge in [-0.15, -0.1) is 0 Å². The number of hydrogen-bond donors (Lipinski definition) is 0. The van der Waals surface area contributed by atoms with E-state index in [4.69, 9.17) is 23.7 Å². The minimum absolute atomic E-state index is 0.113. The predicted octanol–water partition coefficient (Wildman–Crippen LogP) is 5.34. The van der Waals surface area contributed by atoms with Gasteiger partial charge in [0.2, 0.25) is 0 Å². The van der Waals surface area contributed by atoms with Crippen LogP contribution in [0, 0.1) is 5.92 Å². The summed E-state index contributed by atoms with van der Waals surface area (Å²) in [4.78, 5) is 27.7. The Morgan fingerprint density at radius 3 is 2.44 bits per heavy atom. The summed E-state index contributed by atoms with van der Waals surface area (Å²) >= 11 is 0. The summed E-state index contributed by atoms with van der Waals surface area (Å²) in [6.07, 6.45) is 6.85. The van der Waals surface area contributed by atoms with Gasteiger partial charge in [0.1, 0.15) is 12.7 Å². The summed E-state index contributed by atoms with van der Waals surface area (Å²) in [5.41, 5.74) is 3.46. The van der Waals surface area contributed by atoms with Crippen LogP contribution in [-0.4, -0.2) is 80.2 Å². The molecule has 3 fully saturated rings. The van der Waals surface area contributed by atoms with E-state index in [0.29, 0.717) is 45.7 Å². The van der Waals surface area contributed by atoms with Gasteiger partial charge in [-0.3, -0.25) is 14.5 Å². The molecule has 0 N–H and O–H groups in total. The molecular formula is C35H45NO7. The second-order valence-corrected chi connectivity index (χ2v) is 12.1. The van der Waals surface area contributed by atoms with Crippen molar-refractivity contribution in [2.24, 2.45) is 5.92 Å². The standard InChI is InChI=1S/C35H45NO7/c1-35(2)42-25-29(43-35)24-41-33(38)13-9-4-3-8-12-30-32(22-31(37)34(30)36-18-20-39-21-19-36)40-23-26-14-16-28(17-15-26)27-10-6-5-7-11-27/h3-7,10-11,14-17,29-30,32,34H,8-9,12-13,18-25H2,1-2H3/b4-3-/t29?,30-,32-,34+/m0/s1. The molecule has 4 atom stereocenters. The van der Waals surface area contributed by atoms with E-state index in [-0.39, 0.29) is 42.5 Å². The van der Waals surface area contributed by atoms with Crippen LogP contribution in [0.1, 0.15) is 51.5 Å². The molecule has 0 spiro atoms. The Labute approximate surface area is 255 Å². The molecule has 2 heterocycles. The average molecular weight is 592 g/mol. The normalized spacial score (nSPS) is 25.9. The van der Waals surface area contributed by atoms with E-state index in [2.05, 4.69) is 47.4 Å². The van der Waals surface area contributed by atoms with Crippen LogP contribution in [0.15, 0.2) is 66.7 Å². The summed E-state index contributed by atoms with van der Waals surface area (Å²) in [5, 5.41) is 0. The molecule has 0 radical (unpaired) electrons. The van der Waals surface area contributed by atoms with Crippen molar-refractivity contribution < 1.29 is 33.3 Å². The van der Waals surface area contributed by atoms with Crippen molar-refractivity contribution in [1.29, 1.82) is 0 Å². The highest BCUT2D eigenvalue weighted by Crippen LogP contribution is 2.35. The highest BCUT2D eigenvalue weighted by atomic mass is 16.7. The van der Waals surface area contributed by atoms with Crippen molar-refractivity contribution in [2.75, 3.05) is 39.5 Å². The fourth-order valence-electron chi connectivity index (χ4n) is 6.22. The van der Waals surface area contributed by atoms with E-state index in [9.17, 15) is 9.59 Å². The Balaban J connectivity index is 1.10. The zero-order chi connectivity index (χ0) is 30.1. The van der Waals surface area contributed by atoms with Gasteiger partial charge < -0.3 is 23.7 Å². The smallest absolute Gasteiger partial charge is 0.306 e. The van der Waals surface area contributed by atoms with Crippen molar-refractivity contribution in [3.8, 4) is 11.1 Å². The molecule has 1 unspecified atom stereocenters. The first-order valence-electron chi connectivity index (χ1n) is 15.6. The molecule has 232 valence electrons. The van der Waals surface area contributed by atoms with Crippen LogP contribution in [0.25, 0.3) is 11.1 Å². The van der Waals surface area contributed by atoms with Crippen LogP contribution in [0.2, 0.25) is 0 Å². The molecule has 43 heavy (non-hydrogen) atoms. The molecule has 2 aliphatic heterocycles. The van der Waals surface area contributed by atoms with Gasteiger partial charge in [0.15, 0.2) is 11.6 Å². The summed E-state index contributed by atoms with van der Waals surface area (Å²) in [7, 11) is 0. The van der Waals surface area contributed by atoms with E-state index in [1.165, 1.54) is 11.1 Å². The maximum Gasteiger partial charge on any atom is 0.306 e. The van der Waals surface area contributed by atoms with E-state index in [1.807, 2.05) is 38.1 Å². The van der Waals surface area contributed by atoms with Crippen LogP contribution in [0.4, 0.5) is 0 Å². The number of carbonyl (C=O) groups excluding carboxylic acids is 2. The molecule has 2 aromatic carbocycles. The van der Waals surface area contributed by atoms with Crippen LogP contribution in [0.3, 0.4) is 0 Å². The predicted molar refractivity (Wildman–Crippen MR) is 163 cm³/mol. The van der Waals surface area contributed by atoms with E-state index < -0.39 is 5.79 Å². The van der Waals surface area contributed by atoms with Crippen LogP contribution >= 0.6 is 0 Å². The van der Waals surface area contributed by atoms with Crippen molar-refractivity contribution in [3.05, 3.63) is 72.3 Å². The second-order valence-electron chi connectivity index (χ2n) is 12.1. The fourth-order valence-corrected chi connectivity index (χ4v) is 6.22. The number of benzene rings is 2. The van der Waals surface area contributed by atoms with E-state index in [0.717, 1.165) is 31.5 Å². The SMILES string of the molecule is CC1(C)OCC(COC(=O)CC/C=C\CC[C@H]2[C@@H](OCc3ccc(-c4ccccc4)cc3)CC(=O)[C@@H]2N2CCOCC2)O1. The molecule has 5 rings (SSSR count). The minimum atomic E-state index is -0.622. The molecule has 2 saturated heterocycles. The highest BCUT2D eigenvalue weighted by Gasteiger charge is 2.45. The first-order chi connectivity index (χ1) is 20.9. The van der Waals surface area contributed by atoms with Gasteiger partial charge >= 0.3 is 5.97 Å². The number of hydrogen-bond acceptors (Lipinski definition) is 8. The van der Waals surface area contributed by atoms with E-state index >= 15 is 0 Å². The van der Waals surface area contributed by atoms with Crippen molar-refractivity contribution >= 4 is 11.8 Å². The average Bonchev–Trinajstić information content (AvgIpc) is 3.54. The number of Topliss-reactive ketones (excluding diaryl/α,β-unsaturated/α-hetero) is 1. The quantitative estimate of drug-likeness (QED) is 0.228. The lowest BCUT2D eigenvalue weighted by molar-refractivity contribution is -0.158. The molecule has 0 amide bonds. The first kappa shape index (κ1) is 31.5. The topological polar surface area (TPSA) is 83.5 Å². The summed E-state index contributed by atoms with van der Waals surface area (Å²) in [6, 6.07) is 18.7. The van der Waals surface area contributed by atoms with Gasteiger partial charge in [-0.1, -0.05) is 66.7 Å². The number of ketones is 1. The van der Waals surface area contributed by atoms with Crippen LogP contribution in [-0.2, 0) is 39.9 Å². The molecule has 0 bridgehead atoms. The lowest BCUT2D eigenvalue weighted by Crippen LogP contribution is -2.49. The Bertz CT molecular complexity index is 1210. The lowest BCUT2D eigenvalue weighted by atomic mass is 9.93. The van der Waals surface area contributed by atoms with Crippen LogP contribution < -0.4 is 0 Å². The number of rotatable bonds is 13. The Kier molecular flexibility index (Phi) is 11.2. The number of carbonyl (C=O) groups is 2. The Hall–Kier alpha value is -2.88. The molecule has 1 saturated carbocycles. The van der Waals surface area contributed by atoms with E-state index in [1.54, 1.807) is 0 Å². The Morgan fingerprint density at radius 2 is 1.72 bits per heavy atom. The molecular weight excluding hydrogens is 546 g/mol. The van der Waals surface area contributed by atoms with Gasteiger partial charge in [-0.2, -0.15) is 0 Å². The summed E-state index contributed by atoms with van der Waals surface area (Å²) in [6.45, 7) is 7.68. The van der Waals surface area contributed by atoms with Crippen molar-refractivity contribution in [2.45, 2.75) is 76.6 Å². The number of allylic oxidation sites excluding steroid dienone is 2. The number of nitrogens with zero attached hydrogens (tertiary/aromatic N) is 1. The Morgan fingerprint density at radius 1 is 1.00 bits per heavy atom. The highest BCUT2D eigenvalue weighted by molar-refractivity contribution is 5.87. The maximum absolute atomic E-state index is 13.3. The van der Waals surface area contributed by atoms with Gasteiger partial charge in [0, 0.05) is 31.8 Å². The second kappa shape index (κ2) is 15.2. The number of esters is 1. The summed E-state index contributed by atoms with van der Waals surface area (Å²) < 4.78 is 28.5. The first-order valence-corrected chi connectivity index (χ1v) is 15.6. The third-order valence-corrected chi connectivity index (χ3v) is 8.43. The molecule has 8 nitrogen and oxygen atoms in total. The molecule has 0 aromatic heterocycles. The molecule has 3 aliphatic rings. The zero-order valence-corrected chi connectivity index (χ0v) is 25.5.